The number of hydrogen-bond donors (Lipinski definition) is 1. The van der Waals surface area contributed by atoms with Crippen LogP contribution in [-0.2, 0) is 13.0 Å². The normalized spacial score (nSPS) is 13.6. The van der Waals surface area contributed by atoms with Gasteiger partial charge in [0, 0.05) is 42.1 Å². The van der Waals surface area contributed by atoms with Crippen molar-refractivity contribution in [3.63, 3.8) is 0 Å². The van der Waals surface area contributed by atoms with E-state index in [1.54, 1.807) is 6.07 Å². The second kappa shape index (κ2) is 8.37. The molecule has 1 aliphatic rings. The van der Waals surface area contributed by atoms with E-state index in [2.05, 4.69) is 22.1 Å². The summed E-state index contributed by atoms with van der Waals surface area (Å²) in [6.45, 7) is 5.08. The highest BCUT2D eigenvalue weighted by molar-refractivity contribution is 7.15. The first-order valence-electron chi connectivity index (χ1n) is 7.83. The summed E-state index contributed by atoms with van der Waals surface area (Å²) in [6, 6.07) is 5.69. The zero-order valence-electron chi connectivity index (χ0n) is 13.7. The Morgan fingerprint density at radius 3 is 3.00 bits per heavy atom. The molecule has 0 saturated heterocycles. The second-order valence-electron chi connectivity index (χ2n) is 5.68. The topological polar surface area (TPSA) is 88.4 Å². The van der Waals surface area contributed by atoms with Crippen LogP contribution in [0.1, 0.15) is 34.3 Å². The number of benzene rings is 1. The third-order valence-corrected chi connectivity index (χ3v) is 4.89. The van der Waals surface area contributed by atoms with E-state index in [1.807, 2.05) is 0 Å². The highest BCUT2D eigenvalue weighted by Gasteiger charge is 2.21. The molecule has 7 nitrogen and oxygen atoms in total. The predicted molar refractivity (Wildman–Crippen MR) is 99.7 cm³/mol. The third-order valence-electron chi connectivity index (χ3n) is 3.89. The van der Waals surface area contributed by atoms with Crippen molar-refractivity contribution >= 4 is 40.5 Å². The SMILES string of the molecule is CCCN1CCc2nc(NC(=O)c3cccc([N+](=O)[O-])c3)sc2C1.Cl. The molecule has 3 rings (SSSR count). The zero-order valence-corrected chi connectivity index (χ0v) is 15.4. The van der Waals surface area contributed by atoms with Crippen LogP contribution in [-0.4, -0.2) is 33.8 Å². The van der Waals surface area contributed by atoms with Crippen LogP contribution in [0.3, 0.4) is 0 Å². The van der Waals surface area contributed by atoms with Crippen molar-refractivity contribution in [3.8, 4) is 0 Å². The molecular formula is C16H19ClN4O3S. The van der Waals surface area contributed by atoms with Crippen molar-refractivity contribution < 1.29 is 9.72 Å². The largest absolute Gasteiger partial charge is 0.298 e. The molecule has 0 aliphatic carbocycles. The molecular weight excluding hydrogens is 364 g/mol. The van der Waals surface area contributed by atoms with Crippen LogP contribution in [0.4, 0.5) is 10.8 Å². The van der Waals surface area contributed by atoms with Gasteiger partial charge in [-0.1, -0.05) is 13.0 Å². The summed E-state index contributed by atoms with van der Waals surface area (Å²) in [5.41, 5.74) is 1.20. The summed E-state index contributed by atoms with van der Waals surface area (Å²) in [5.74, 6) is -0.379. The Hall–Kier alpha value is -2.03. The molecule has 2 aromatic rings. The lowest BCUT2D eigenvalue weighted by atomic mass is 10.2. The molecule has 25 heavy (non-hydrogen) atoms. The molecule has 0 atom stereocenters. The maximum atomic E-state index is 12.3. The van der Waals surface area contributed by atoms with Gasteiger partial charge in [0.2, 0.25) is 0 Å². The van der Waals surface area contributed by atoms with E-state index in [0.29, 0.717) is 5.13 Å². The van der Waals surface area contributed by atoms with E-state index < -0.39 is 4.92 Å². The lowest BCUT2D eigenvalue weighted by molar-refractivity contribution is -0.384. The van der Waals surface area contributed by atoms with Gasteiger partial charge in [0.1, 0.15) is 0 Å². The number of carbonyl (C=O) groups is 1. The molecule has 0 fully saturated rings. The average Bonchev–Trinajstić information content (AvgIpc) is 2.96. The van der Waals surface area contributed by atoms with E-state index >= 15 is 0 Å². The van der Waals surface area contributed by atoms with Crippen LogP contribution >= 0.6 is 23.7 Å². The van der Waals surface area contributed by atoms with Crippen molar-refractivity contribution in [1.82, 2.24) is 9.88 Å². The van der Waals surface area contributed by atoms with Crippen molar-refractivity contribution in [2.45, 2.75) is 26.3 Å². The number of nitro benzene ring substituents is 1. The van der Waals surface area contributed by atoms with Crippen molar-refractivity contribution in [1.29, 1.82) is 0 Å². The van der Waals surface area contributed by atoms with E-state index in [9.17, 15) is 14.9 Å². The summed E-state index contributed by atoms with van der Waals surface area (Å²) in [7, 11) is 0. The number of hydrogen-bond acceptors (Lipinski definition) is 6. The number of amides is 1. The molecule has 0 saturated carbocycles. The molecule has 9 heteroatoms. The van der Waals surface area contributed by atoms with Gasteiger partial charge < -0.3 is 0 Å². The minimum absolute atomic E-state index is 0. The highest BCUT2D eigenvalue weighted by atomic mass is 35.5. The average molecular weight is 383 g/mol. The van der Waals surface area contributed by atoms with E-state index in [-0.39, 0.29) is 29.6 Å². The maximum absolute atomic E-state index is 12.3. The van der Waals surface area contributed by atoms with Crippen LogP contribution in [0.2, 0.25) is 0 Å². The first-order valence-corrected chi connectivity index (χ1v) is 8.65. The molecule has 134 valence electrons. The van der Waals surface area contributed by atoms with Crippen LogP contribution in [0.5, 0.6) is 0 Å². The Bertz CT molecular complexity index is 780. The van der Waals surface area contributed by atoms with Gasteiger partial charge >= 0.3 is 0 Å². The monoisotopic (exact) mass is 382 g/mol. The van der Waals surface area contributed by atoms with Gasteiger partial charge in [0.05, 0.1) is 10.6 Å². The number of nitro groups is 1. The summed E-state index contributed by atoms with van der Waals surface area (Å²) >= 11 is 1.48. The Kier molecular flexibility index (Phi) is 6.46. The Labute approximate surface area is 155 Å². The molecule has 2 heterocycles. The first kappa shape index (κ1) is 19.3. The van der Waals surface area contributed by atoms with Crippen molar-refractivity contribution in [3.05, 3.63) is 50.5 Å². The van der Waals surface area contributed by atoms with E-state index in [0.717, 1.165) is 38.2 Å². The number of nitrogens with one attached hydrogen (secondary N) is 1. The Morgan fingerprint density at radius 1 is 1.48 bits per heavy atom. The van der Waals surface area contributed by atoms with Gasteiger partial charge in [-0.05, 0) is 19.0 Å². The van der Waals surface area contributed by atoms with Gasteiger partial charge in [0.25, 0.3) is 11.6 Å². The number of aromatic nitrogens is 1. The molecule has 1 aromatic heterocycles. The van der Waals surface area contributed by atoms with Crippen molar-refractivity contribution in [2.24, 2.45) is 0 Å². The smallest absolute Gasteiger partial charge is 0.270 e. The summed E-state index contributed by atoms with van der Waals surface area (Å²) in [4.78, 5) is 30.6. The fraction of sp³-hybridized carbons (Fsp3) is 0.375. The standard InChI is InChI=1S/C16H18N4O3S.ClH/c1-2-7-19-8-6-13-14(10-19)24-16(17-13)18-15(21)11-4-3-5-12(9-11)20(22)23;/h3-5,9H,2,6-8,10H2,1H3,(H,17,18,21);1H. The predicted octanol–water partition coefficient (Wildman–Crippen LogP) is 3.49. The second-order valence-corrected chi connectivity index (χ2v) is 6.76. The number of carbonyl (C=O) groups excluding carboxylic acids is 1. The van der Waals surface area contributed by atoms with E-state index in [1.165, 1.54) is 34.4 Å². The zero-order chi connectivity index (χ0) is 17.1. The molecule has 1 aliphatic heterocycles. The maximum Gasteiger partial charge on any atom is 0.270 e. The van der Waals surface area contributed by atoms with Gasteiger partial charge in [-0.15, -0.1) is 23.7 Å². The number of halogens is 1. The molecule has 1 amide bonds. The summed E-state index contributed by atoms with van der Waals surface area (Å²) in [5, 5.41) is 14.1. The highest BCUT2D eigenvalue weighted by Crippen LogP contribution is 2.28. The van der Waals surface area contributed by atoms with Gasteiger partial charge in [0.15, 0.2) is 5.13 Å². The molecule has 0 unspecified atom stereocenters. The van der Waals surface area contributed by atoms with Gasteiger partial charge in [-0.2, -0.15) is 0 Å². The molecule has 1 aromatic carbocycles. The molecule has 0 radical (unpaired) electrons. The van der Waals surface area contributed by atoms with Crippen LogP contribution in [0.15, 0.2) is 24.3 Å². The number of thiazole rings is 1. The van der Waals surface area contributed by atoms with Gasteiger partial charge in [-0.3, -0.25) is 25.1 Å². The molecule has 0 bridgehead atoms. The minimum Gasteiger partial charge on any atom is -0.298 e. The van der Waals surface area contributed by atoms with Crippen LogP contribution in [0, 0.1) is 10.1 Å². The minimum atomic E-state index is -0.513. The Morgan fingerprint density at radius 2 is 2.28 bits per heavy atom. The number of nitrogens with zero attached hydrogens (tertiary/aromatic N) is 3. The summed E-state index contributed by atoms with van der Waals surface area (Å²) < 4.78 is 0. The lowest BCUT2D eigenvalue weighted by Gasteiger charge is -2.24. The number of fused-ring (bicyclic) bond motifs is 1. The summed E-state index contributed by atoms with van der Waals surface area (Å²) in [6.07, 6.45) is 2.00. The lowest BCUT2D eigenvalue weighted by Crippen LogP contribution is -2.30. The van der Waals surface area contributed by atoms with Crippen molar-refractivity contribution in [2.75, 3.05) is 18.4 Å². The van der Waals surface area contributed by atoms with Gasteiger partial charge in [-0.25, -0.2) is 4.98 Å². The third kappa shape index (κ3) is 4.53. The number of rotatable bonds is 5. The fourth-order valence-electron chi connectivity index (χ4n) is 2.74. The Balaban J connectivity index is 0.00000225. The molecule has 1 N–H and O–H groups in total. The number of non-ortho nitro benzene ring substituents is 1. The fourth-order valence-corrected chi connectivity index (χ4v) is 3.78. The van der Waals surface area contributed by atoms with Crippen LogP contribution in [0.25, 0.3) is 0 Å². The number of anilines is 1. The van der Waals surface area contributed by atoms with E-state index in [4.69, 9.17) is 0 Å². The first-order chi connectivity index (χ1) is 11.6. The van der Waals surface area contributed by atoms with Crippen LogP contribution < -0.4 is 5.32 Å². The molecule has 0 spiro atoms. The quantitative estimate of drug-likeness (QED) is 0.631.